The van der Waals surface area contributed by atoms with Crippen LogP contribution in [0.25, 0.3) is 0 Å². The van der Waals surface area contributed by atoms with Crippen molar-refractivity contribution in [3.63, 3.8) is 0 Å². The van der Waals surface area contributed by atoms with Crippen LogP contribution in [-0.2, 0) is 14.3 Å². The Balaban J connectivity index is 3.05. The van der Waals surface area contributed by atoms with Crippen molar-refractivity contribution in [1.29, 1.82) is 0 Å². The van der Waals surface area contributed by atoms with Crippen LogP contribution in [0.5, 0.6) is 0 Å². The number of carbonyl (C=O) groups is 2. The van der Waals surface area contributed by atoms with Crippen LogP contribution in [0.2, 0.25) is 0 Å². The van der Waals surface area contributed by atoms with E-state index in [1.807, 2.05) is 27.7 Å². The lowest BCUT2D eigenvalue weighted by molar-refractivity contribution is -0.128. The number of rotatable bonds is 4. The molecule has 2 unspecified atom stereocenters. The zero-order valence-corrected chi connectivity index (χ0v) is 11.4. The molecule has 0 N–H and O–H groups in total. The van der Waals surface area contributed by atoms with Gasteiger partial charge in [-0.15, -0.1) is 0 Å². The number of ether oxygens (including phenoxy) is 1. The SMILES string of the molecule is CCC(=O)C(C)C1=C(C)C(=O)C(C)[C@H](CC)O1. The Kier molecular flexibility index (Phi) is 4.49. The van der Waals surface area contributed by atoms with Crippen LogP contribution in [0.4, 0.5) is 0 Å². The summed E-state index contributed by atoms with van der Waals surface area (Å²) in [6, 6.07) is 0. The predicted molar refractivity (Wildman–Crippen MR) is 66.5 cm³/mol. The van der Waals surface area contributed by atoms with Gasteiger partial charge in [-0.1, -0.05) is 20.8 Å². The first-order valence-electron chi connectivity index (χ1n) is 6.38. The van der Waals surface area contributed by atoms with E-state index in [0.717, 1.165) is 6.42 Å². The monoisotopic (exact) mass is 238 g/mol. The molecule has 0 aromatic rings. The van der Waals surface area contributed by atoms with E-state index in [1.54, 1.807) is 6.92 Å². The zero-order chi connectivity index (χ0) is 13.2. The van der Waals surface area contributed by atoms with Gasteiger partial charge < -0.3 is 4.74 Å². The van der Waals surface area contributed by atoms with Crippen LogP contribution < -0.4 is 0 Å². The highest BCUT2D eigenvalue weighted by Crippen LogP contribution is 2.31. The molecule has 0 aromatic heterocycles. The molecule has 3 atom stereocenters. The molecule has 1 rings (SSSR count). The third-order valence-corrected chi connectivity index (χ3v) is 3.62. The van der Waals surface area contributed by atoms with E-state index in [4.69, 9.17) is 4.74 Å². The molecule has 1 aliphatic rings. The maximum absolute atomic E-state index is 12.1. The molecule has 0 saturated heterocycles. The normalized spacial score (nSPS) is 26.8. The molecular formula is C14H22O3. The van der Waals surface area contributed by atoms with Gasteiger partial charge in [0.1, 0.15) is 17.6 Å². The lowest BCUT2D eigenvalue weighted by atomic mass is 9.86. The van der Waals surface area contributed by atoms with Gasteiger partial charge in [-0.25, -0.2) is 0 Å². The molecule has 3 heteroatoms. The standard InChI is InChI=1S/C14H22O3/c1-6-11(15)8(3)14-10(5)13(16)9(4)12(7-2)17-14/h8-9,12H,6-7H2,1-5H3/t8?,9?,12-/m0/s1. The summed E-state index contributed by atoms with van der Waals surface area (Å²) >= 11 is 0. The average Bonchev–Trinajstić information content (AvgIpc) is 2.34. The molecule has 1 heterocycles. The molecule has 1 aliphatic heterocycles. The van der Waals surface area contributed by atoms with Crippen molar-refractivity contribution in [3.8, 4) is 0 Å². The van der Waals surface area contributed by atoms with Crippen molar-refractivity contribution in [2.24, 2.45) is 11.8 Å². The molecule has 3 nitrogen and oxygen atoms in total. The zero-order valence-electron chi connectivity index (χ0n) is 11.4. The third-order valence-electron chi connectivity index (χ3n) is 3.62. The van der Waals surface area contributed by atoms with Crippen molar-refractivity contribution >= 4 is 11.6 Å². The van der Waals surface area contributed by atoms with Gasteiger partial charge in [-0.3, -0.25) is 9.59 Å². The maximum Gasteiger partial charge on any atom is 0.168 e. The number of ketones is 2. The lowest BCUT2D eigenvalue weighted by Crippen LogP contribution is -2.36. The largest absolute Gasteiger partial charge is 0.493 e. The fraction of sp³-hybridized carbons (Fsp3) is 0.714. The van der Waals surface area contributed by atoms with Crippen LogP contribution in [0, 0.1) is 11.8 Å². The van der Waals surface area contributed by atoms with Gasteiger partial charge >= 0.3 is 0 Å². The van der Waals surface area contributed by atoms with Crippen molar-refractivity contribution in [2.45, 2.75) is 53.6 Å². The van der Waals surface area contributed by atoms with Gasteiger partial charge in [0.15, 0.2) is 5.78 Å². The molecule has 0 saturated carbocycles. The van der Waals surface area contributed by atoms with Gasteiger partial charge in [0.05, 0.1) is 11.8 Å². The van der Waals surface area contributed by atoms with Crippen molar-refractivity contribution in [2.75, 3.05) is 0 Å². The van der Waals surface area contributed by atoms with E-state index in [0.29, 0.717) is 17.8 Å². The number of hydrogen-bond acceptors (Lipinski definition) is 3. The Hall–Kier alpha value is -1.12. The fourth-order valence-corrected chi connectivity index (χ4v) is 2.30. The first-order chi connectivity index (χ1) is 7.93. The first-order valence-corrected chi connectivity index (χ1v) is 6.38. The van der Waals surface area contributed by atoms with E-state index in [9.17, 15) is 9.59 Å². The van der Waals surface area contributed by atoms with Crippen LogP contribution in [-0.4, -0.2) is 17.7 Å². The number of carbonyl (C=O) groups excluding carboxylic acids is 2. The van der Waals surface area contributed by atoms with Gasteiger partial charge in [0, 0.05) is 12.0 Å². The van der Waals surface area contributed by atoms with E-state index in [1.165, 1.54) is 0 Å². The average molecular weight is 238 g/mol. The quantitative estimate of drug-likeness (QED) is 0.756. The molecule has 0 aromatic carbocycles. The summed E-state index contributed by atoms with van der Waals surface area (Å²) in [5.41, 5.74) is 0.622. The van der Waals surface area contributed by atoms with Gasteiger partial charge in [-0.2, -0.15) is 0 Å². The fourth-order valence-electron chi connectivity index (χ4n) is 2.30. The Morgan fingerprint density at radius 1 is 1.41 bits per heavy atom. The highest BCUT2D eigenvalue weighted by Gasteiger charge is 2.35. The number of Topliss-reactive ketones (excluding diaryl/α,β-unsaturated/α-hetero) is 2. The van der Waals surface area contributed by atoms with Crippen LogP contribution in [0.15, 0.2) is 11.3 Å². The Labute approximate surface area is 103 Å². The molecule has 0 bridgehead atoms. The summed E-state index contributed by atoms with van der Waals surface area (Å²) < 4.78 is 5.85. The van der Waals surface area contributed by atoms with E-state index >= 15 is 0 Å². The first kappa shape index (κ1) is 13.9. The molecule has 0 fully saturated rings. The Morgan fingerprint density at radius 2 is 2.00 bits per heavy atom. The Morgan fingerprint density at radius 3 is 2.47 bits per heavy atom. The summed E-state index contributed by atoms with van der Waals surface area (Å²) in [5, 5.41) is 0. The van der Waals surface area contributed by atoms with E-state index in [-0.39, 0.29) is 29.5 Å². The summed E-state index contributed by atoms with van der Waals surface area (Å²) in [4.78, 5) is 23.8. The van der Waals surface area contributed by atoms with Crippen LogP contribution in [0.1, 0.15) is 47.5 Å². The van der Waals surface area contributed by atoms with E-state index in [2.05, 4.69) is 0 Å². The van der Waals surface area contributed by atoms with Crippen molar-refractivity contribution in [1.82, 2.24) is 0 Å². The molecule has 0 radical (unpaired) electrons. The number of hydrogen-bond donors (Lipinski definition) is 0. The van der Waals surface area contributed by atoms with Crippen LogP contribution >= 0.6 is 0 Å². The highest BCUT2D eigenvalue weighted by atomic mass is 16.5. The highest BCUT2D eigenvalue weighted by molar-refractivity contribution is 5.99. The number of allylic oxidation sites excluding steroid dienone is 2. The summed E-state index contributed by atoms with van der Waals surface area (Å²) in [6.45, 7) is 9.31. The molecular weight excluding hydrogens is 216 g/mol. The topological polar surface area (TPSA) is 43.4 Å². The van der Waals surface area contributed by atoms with E-state index < -0.39 is 0 Å². The summed E-state index contributed by atoms with van der Waals surface area (Å²) in [5.74, 6) is 0.426. The van der Waals surface area contributed by atoms with Crippen molar-refractivity contribution in [3.05, 3.63) is 11.3 Å². The lowest BCUT2D eigenvalue weighted by Gasteiger charge is -2.33. The molecule has 17 heavy (non-hydrogen) atoms. The predicted octanol–water partition coefficient (Wildman–Crippen LogP) is 2.89. The second-order valence-electron chi connectivity index (χ2n) is 4.75. The summed E-state index contributed by atoms with van der Waals surface area (Å²) in [6.07, 6.45) is 1.17. The molecule has 96 valence electrons. The van der Waals surface area contributed by atoms with Crippen LogP contribution in [0.3, 0.4) is 0 Å². The smallest absolute Gasteiger partial charge is 0.168 e. The molecule has 0 spiro atoms. The third kappa shape index (κ3) is 2.59. The Bertz CT molecular complexity index is 354. The molecule has 0 aliphatic carbocycles. The van der Waals surface area contributed by atoms with Gasteiger partial charge in [0.25, 0.3) is 0 Å². The van der Waals surface area contributed by atoms with Crippen molar-refractivity contribution < 1.29 is 14.3 Å². The minimum absolute atomic E-state index is 0.0895. The van der Waals surface area contributed by atoms with Gasteiger partial charge in [0.2, 0.25) is 0 Å². The molecule has 0 amide bonds. The second kappa shape index (κ2) is 5.48. The summed E-state index contributed by atoms with van der Waals surface area (Å²) in [7, 11) is 0. The minimum atomic E-state index is -0.300. The van der Waals surface area contributed by atoms with Gasteiger partial charge in [-0.05, 0) is 20.3 Å². The minimum Gasteiger partial charge on any atom is -0.493 e. The maximum atomic E-state index is 12.1. The second-order valence-corrected chi connectivity index (χ2v) is 4.75.